The molecule has 0 aliphatic carbocycles. The molecule has 0 radical (unpaired) electrons. The molecule has 2 aromatic carbocycles. The zero-order valence-corrected chi connectivity index (χ0v) is 18.6. The molecule has 160 valence electrons. The maximum Gasteiger partial charge on any atom is 0.283 e. The van der Waals surface area contributed by atoms with Crippen molar-refractivity contribution in [2.75, 3.05) is 23.3 Å². The zero-order chi connectivity index (χ0) is 22.1. The molecule has 4 rings (SSSR count). The second-order valence-electron chi connectivity index (χ2n) is 7.27. The number of hydrogen-bond donors (Lipinski definition) is 1. The molecule has 2 aliphatic heterocycles. The summed E-state index contributed by atoms with van der Waals surface area (Å²) >= 11 is 18.4. The van der Waals surface area contributed by atoms with Gasteiger partial charge in [0.15, 0.2) is 0 Å². The Morgan fingerprint density at radius 1 is 0.903 bits per heavy atom. The molecule has 2 heterocycles. The van der Waals surface area contributed by atoms with Crippen molar-refractivity contribution in [2.45, 2.75) is 19.3 Å². The Hall–Kier alpha value is -2.54. The first-order chi connectivity index (χ1) is 14.9. The Morgan fingerprint density at radius 3 is 2.35 bits per heavy atom. The second-order valence-corrected chi connectivity index (χ2v) is 8.43. The number of anilines is 2. The van der Waals surface area contributed by atoms with Crippen LogP contribution in [0, 0.1) is 0 Å². The molecule has 6 nitrogen and oxygen atoms in total. The molecule has 0 unspecified atom stereocenters. The summed E-state index contributed by atoms with van der Waals surface area (Å²) in [7, 11) is 0. The minimum absolute atomic E-state index is 0.0652. The third kappa shape index (κ3) is 4.15. The van der Waals surface area contributed by atoms with E-state index in [2.05, 4.69) is 5.32 Å². The van der Waals surface area contributed by atoms with Gasteiger partial charge in [-0.1, -0.05) is 46.9 Å². The number of nitrogens with zero attached hydrogens (tertiary/aromatic N) is 2. The van der Waals surface area contributed by atoms with Crippen LogP contribution in [-0.4, -0.2) is 35.7 Å². The summed E-state index contributed by atoms with van der Waals surface area (Å²) in [5, 5.41) is 2.91. The summed E-state index contributed by atoms with van der Waals surface area (Å²) < 4.78 is 0. The Bertz CT molecular complexity index is 1110. The van der Waals surface area contributed by atoms with Gasteiger partial charge in [0, 0.05) is 24.3 Å². The lowest BCUT2D eigenvalue weighted by Crippen LogP contribution is -2.35. The number of amides is 3. The topological polar surface area (TPSA) is 69.7 Å². The van der Waals surface area contributed by atoms with E-state index in [-0.39, 0.29) is 32.4 Å². The van der Waals surface area contributed by atoms with Crippen LogP contribution in [0.1, 0.15) is 29.6 Å². The van der Waals surface area contributed by atoms with E-state index in [1.54, 1.807) is 36.4 Å². The third-order valence-electron chi connectivity index (χ3n) is 5.22. The van der Waals surface area contributed by atoms with E-state index >= 15 is 0 Å². The molecule has 9 heteroatoms. The van der Waals surface area contributed by atoms with Gasteiger partial charge in [0.25, 0.3) is 17.7 Å². The average molecular weight is 479 g/mol. The molecule has 2 aliphatic rings. The van der Waals surface area contributed by atoms with Crippen LogP contribution in [0.3, 0.4) is 0 Å². The highest BCUT2D eigenvalue weighted by molar-refractivity contribution is 6.54. The SMILES string of the molecule is O=C(c1cccc(NC2=C(Cl)C(=O)N(c3cccc(Cl)c3Cl)C2=O)c1)N1CCCCC1. The van der Waals surface area contributed by atoms with Gasteiger partial charge >= 0.3 is 0 Å². The summed E-state index contributed by atoms with van der Waals surface area (Å²) in [4.78, 5) is 41.1. The molecular weight excluding hydrogens is 461 g/mol. The lowest BCUT2D eigenvalue weighted by atomic mass is 10.1. The van der Waals surface area contributed by atoms with Crippen molar-refractivity contribution >= 4 is 63.9 Å². The van der Waals surface area contributed by atoms with Gasteiger partial charge in [0.2, 0.25) is 0 Å². The smallest absolute Gasteiger partial charge is 0.283 e. The molecule has 0 aromatic heterocycles. The van der Waals surface area contributed by atoms with Crippen molar-refractivity contribution in [2.24, 2.45) is 0 Å². The number of piperidine rings is 1. The van der Waals surface area contributed by atoms with Gasteiger partial charge in [-0.15, -0.1) is 0 Å². The Balaban J connectivity index is 1.58. The van der Waals surface area contributed by atoms with Crippen LogP contribution in [0.15, 0.2) is 53.2 Å². The molecule has 2 aromatic rings. The number of nitrogens with one attached hydrogen (secondary N) is 1. The van der Waals surface area contributed by atoms with E-state index in [1.165, 1.54) is 6.07 Å². The first kappa shape index (κ1) is 21.7. The number of carbonyl (C=O) groups excluding carboxylic acids is 3. The summed E-state index contributed by atoms with van der Waals surface area (Å²) in [6.45, 7) is 1.46. The minimum Gasteiger partial charge on any atom is -0.350 e. The van der Waals surface area contributed by atoms with Crippen LogP contribution in [0.4, 0.5) is 11.4 Å². The normalized spacial score (nSPS) is 16.9. The van der Waals surface area contributed by atoms with Crippen LogP contribution in [0.25, 0.3) is 0 Å². The number of benzene rings is 2. The lowest BCUT2D eigenvalue weighted by molar-refractivity contribution is -0.120. The lowest BCUT2D eigenvalue weighted by Gasteiger charge is -2.26. The second kappa shape index (κ2) is 8.91. The Kier molecular flexibility index (Phi) is 6.23. The summed E-state index contributed by atoms with van der Waals surface area (Å²) in [6.07, 6.45) is 3.11. The van der Waals surface area contributed by atoms with Gasteiger partial charge in [0.1, 0.15) is 10.7 Å². The molecule has 0 spiro atoms. The zero-order valence-electron chi connectivity index (χ0n) is 16.3. The van der Waals surface area contributed by atoms with Crippen molar-refractivity contribution in [1.82, 2.24) is 4.90 Å². The van der Waals surface area contributed by atoms with Crippen LogP contribution < -0.4 is 10.2 Å². The molecule has 1 saturated heterocycles. The number of imide groups is 1. The van der Waals surface area contributed by atoms with E-state index in [1.807, 2.05) is 4.90 Å². The van der Waals surface area contributed by atoms with E-state index in [9.17, 15) is 14.4 Å². The van der Waals surface area contributed by atoms with Crippen molar-refractivity contribution in [3.05, 3.63) is 68.8 Å². The monoisotopic (exact) mass is 477 g/mol. The fraction of sp³-hybridized carbons (Fsp3) is 0.227. The largest absolute Gasteiger partial charge is 0.350 e. The van der Waals surface area contributed by atoms with Gasteiger partial charge in [-0.05, 0) is 49.6 Å². The molecule has 0 atom stereocenters. The van der Waals surface area contributed by atoms with Crippen molar-refractivity contribution in [1.29, 1.82) is 0 Å². The van der Waals surface area contributed by atoms with E-state index in [0.29, 0.717) is 11.3 Å². The van der Waals surface area contributed by atoms with Crippen molar-refractivity contribution in [3.8, 4) is 0 Å². The van der Waals surface area contributed by atoms with Gasteiger partial charge in [-0.2, -0.15) is 0 Å². The van der Waals surface area contributed by atoms with Crippen LogP contribution in [-0.2, 0) is 9.59 Å². The third-order valence-corrected chi connectivity index (χ3v) is 6.38. The summed E-state index contributed by atoms with van der Waals surface area (Å²) in [5.41, 5.74) is 1.02. The van der Waals surface area contributed by atoms with Crippen LogP contribution in [0.2, 0.25) is 10.0 Å². The average Bonchev–Trinajstić information content (AvgIpc) is 2.99. The molecule has 0 bridgehead atoms. The number of halogens is 3. The van der Waals surface area contributed by atoms with Gasteiger partial charge < -0.3 is 10.2 Å². The number of rotatable bonds is 4. The van der Waals surface area contributed by atoms with Gasteiger partial charge in [0.05, 0.1) is 15.7 Å². The van der Waals surface area contributed by atoms with Gasteiger partial charge in [-0.3, -0.25) is 14.4 Å². The first-order valence-electron chi connectivity index (χ1n) is 9.77. The predicted octanol–water partition coefficient (Wildman–Crippen LogP) is 5.06. The number of hydrogen-bond acceptors (Lipinski definition) is 4. The molecule has 0 saturated carbocycles. The highest BCUT2D eigenvalue weighted by atomic mass is 35.5. The molecule has 31 heavy (non-hydrogen) atoms. The molecule has 3 amide bonds. The Morgan fingerprint density at radius 2 is 1.61 bits per heavy atom. The van der Waals surface area contributed by atoms with Crippen LogP contribution >= 0.6 is 34.8 Å². The fourth-order valence-electron chi connectivity index (χ4n) is 3.65. The van der Waals surface area contributed by atoms with Gasteiger partial charge in [-0.25, -0.2) is 4.90 Å². The summed E-state index contributed by atoms with van der Waals surface area (Å²) in [6, 6.07) is 11.4. The Labute approximate surface area is 194 Å². The predicted molar refractivity (Wildman–Crippen MR) is 122 cm³/mol. The van der Waals surface area contributed by atoms with E-state index in [0.717, 1.165) is 37.3 Å². The maximum absolute atomic E-state index is 13.0. The van der Waals surface area contributed by atoms with Crippen LogP contribution in [0.5, 0.6) is 0 Å². The number of carbonyl (C=O) groups is 3. The van der Waals surface area contributed by atoms with Crippen molar-refractivity contribution in [3.63, 3.8) is 0 Å². The highest BCUT2D eigenvalue weighted by Gasteiger charge is 2.40. The highest BCUT2D eigenvalue weighted by Crippen LogP contribution is 2.37. The summed E-state index contributed by atoms with van der Waals surface area (Å²) in [5.74, 6) is -1.43. The molecule has 1 fully saturated rings. The first-order valence-corrected chi connectivity index (χ1v) is 10.9. The fourth-order valence-corrected chi connectivity index (χ4v) is 4.24. The maximum atomic E-state index is 13.0. The standard InChI is InChI=1S/C22H18Cl3N3O3/c23-15-8-5-9-16(17(15)24)28-21(30)18(25)19(22(28)31)26-14-7-4-6-13(12-14)20(29)27-10-2-1-3-11-27/h4-9,12,26H,1-3,10-11H2. The van der Waals surface area contributed by atoms with Crippen molar-refractivity contribution < 1.29 is 14.4 Å². The van der Waals surface area contributed by atoms with E-state index in [4.69, 9.17) is 34.8 Å². The molecular formula is C22H18Cl3N3O3. The minimum atomic E-state index is -0.709. The molecule has 1 N–H and O–H groups in total. The quantitative estimate of drug-likeness (QED) is 0.624. The van der Waals surface area contributed by atoms with E-state index < -0.39 is 11.8 Å². The number of likely N-dealkylation sites (tertiary alicyclic amines) is 1.